The maximum absolute atomic E-state index is 13.4. The molecule has 4 aliphatic carbocycles. The first-order chi connectivity index (χ1) is 14.3. The van der Waals surface area contributed by atoms with Gasteiger partial charge in [-0.25, -0.2) is 4.79 Å². The summed E-state index contributed by atoms with van der Waals surface area (Å²) >= 11 is 0. The molecule has 0 radical (unpaired) electrons. The lowest BCUT2D eigenvalue weighted by atomic mass is 9.49. The van der Waals surface area contributed by atoms with E-state index in [4.69, 9.17) is 9.47 Å². The van der Waals surface area contributed by atoms with Crippen molar-refractivity contribution in [1.29, 1.82) is 0 Å². The summed E-state index contributed by atoms with van der Waals surface area (Å²) in [5.41, 5.74) is -0.0110. The Morgan fingerprint density at radius 1 is 1.17 bits per heavy atom. The van der Waals surface area contributed by atoms with Crippen molar-refractivity contribution in [2.75, 3.05) is 14.2 Å². The minimum atomic E-state index is -0.925. The molecular formula is C22H28N2O6. The number of carbonyl (C=O) groups is 2. The van der Waals surface area contributed by atoms with Crippen LogP contribution in [-0.2, 0) is 20.7 Å². The molecule has 1 aromatic carbocycles. The van der Waals surface area contributed by atoms with Crippen molar-refractivity contribution in [2.45, 2.75) is 51.0 Å². The highest BCUT2D eigenvalue weighted by Crippen LogP contribution is 2.60. The highest BCUT2D eigenvalue weighted by molar-refractivity contribution is 5.88. The van der Waals surface area contributed by atoms with Crippen LogP contribution < -0.4 is 10.1 Å². The van der Waals surface area contributed by atoms with Crippen molar-refractivity contribution >= 4 is 17.6 Å². The number of carbonyl (C=O) groups excluding carboxylic acids is 2. The maximum atomic E-state index is 13.4. The molecule has 0 saturated heterocycles. The summed E-state index contributed by atoms with van der Waals surface area (Å²) < 4.78 is 10.2. The number of non-ortho nitro benzene ring substituents is 1. The summed E-state index contributed by atoms with van der Waals surface area (Å²) in [6, 6.07) is 3.31. The van der Waals surface area contributed by atoms with Crippen molar-refractivity contribution in [3.8, 4) is 5.75 Å². The molecule has 4 fully saturated rings. The van der Waals surface area contributed by atoms with Crippen LogP contribution in [0.5, 0.6) is 5.75 Å². The van der Waals surface area contributed by atoms with E-state index < -0.39 is 22.3 Å². The fourth-order valence-electron chi connectivity index (χ4n) is 6.29. The van der Waals surface area contributed by atoms with Crippen LogP contribution >= 0.6 is 0 Å². The van der Waals surface area contributed by atoms with Crippen LogP contribution in [0.4, 0.5) is 5.69 Å². The predicted molar refractivity (Wildman–Crippen MR) is 108 cm³/mol. The third kappa shape index (κ3) is 3.75. The summed E-state index contributed by atoms with van der Waals surface area (Å²) in [5.74, 6) is 1.60. The Morgan fingerprint density at radius 3 is 2.27 bits per heavy atom. The number of esters is 1. The third-order valence-electron chi connectivity index (χ3n) is 7.21. The summed E-state index contributed by atoms with van der Waals surface area (Å²) in [4.78, 5) is 36.5. The van der Waals surface area contributed by atoms with Crippen molar-refractivity contribution in [3.63, 3.8) is 0 Å². The molecular weight excluding hydrogens is 388 g/mol. The van der Waals surface area contributed by atoms with E-state index in [9.17, 15) is 19.7 Å². The second kappa shape index (κ2) is 7.89. The first kappa shape index (κ1) is 20.6. The number of nitrogens with one attached hydrogen (secondary N) is 1. The Morgan fingerprint density at radius 2 is 1.77 bits per heavy atom. The van der Waals surface area contributed by atoms with Gasteiger partial charge in [0.2, 0.25) is 5.91 Å². The zero-order valence-electron chi connectivity index (χ0n) is 17.4. The molecule has 4 aliphatic rings. The van der Waals surface area contributed by atoms with E-state index in [1.807, 2.05) is 0 Å². The molecule has 1 atom stereocenters. The molecule has 1 amide bonds. The molecule has 0 heterocycles. The SMILES string of the molecule is COC(=O)[C@H](Cc1cc([N+](=O)[O-])ccc1OC)NC(=O)C12CC3CC(CC(C3)C1)C2. The minimum absolute atomic E-state index is 0.0651. The number of methoxy groups -OCH3 is 2. The number of benzene rings is 1. The molecule has 8 heteroatoms. The zero-order valence-corrected chi connectivity index (χ0v) is 17.4. The van der Waals surface area contributed by atoms with Crippen LogP contribution in [0.2, 0.25) is 0 Å². The van der Waals surface area contributed by atoms with Crippen LogP contribution in [0.25, 0.3) is 0 Å². The van der Waals surface area contributed by atoms with E-state index in [2.05, 4.69) is 5.32 Å². The monoisotopic (exact) mass is 416 g/mol. The number of nitro benzene ring substituents is 1. The summed E-state index contributed by atoms with van der Waals surface area (Å²) in [6.45, 7) is 0. The molecule has 1 N–H and O–H groups in total. The van der Waals surface area contributed by atoms with Gasteiger partial charge in [0.25, 0.3) is 5.69 Å². The van der Waals surface area contributed by atoms with Crippen molar-refractivity contribution in [2.24, 2.45) is 23.2 Å². The molecule has 8 nitrogen and oxygen atoms in total. The van der Waals surface area contributed by atoms with Gasteiger partial charge in [-0.2, -0.15) is 0 Å². The standard InChI is InChI=1S/C22H28N2O6/c1-29-19-4-3-17(24(27)28)8-16(19)9-18(20(25)30-2)23-21(26)22-10-13-5-14(11-22)7-15(6-13)12-22/h3-4,8,13-15,18H,5-7,9-12H2,1-2H3,(H,23,26)/t13?,14?,15?,18-,22?/m0/s1. The predicted octanol–water partition coefficient (Wildman–Crippen LogP) is 3.02. The van der Waals surface area contributed by atoms with Crippen LogP contribution in [0.15, 0.2) is 18.2 Å². The van der Waals surface area contributed by atoms with Gasteiger partial charge in [0.15, 0.2) is 0 Å². The molecule has 0 unspecified atom stereocenters. The molecule has 4 saturated carbocycles. The quantitative estimate of drug-likeness (QED) is 0.416. The molecule has 0 aliphatic heterocycles. The van der Waals surface area contributed by atoms with Crippen LogP contribution in [0.1, 0.15) is 44.1 Å². The molecule has 0 aromatic heterocycles. The minimum Gasteiger partial charge on any atom is -0.496 e. The van der Waals surface area contributed by atoms with Gasteiger partial charge in [0.1, 0.15) is 11.8 Å². The normalized spacial score (nSPS) is 29.9. The largest absolute Gasteiger partial charge is 0.496 e. The van der Waals surface area contributed by atoms with E-state index >= 15 is 0 Å². The number of hydrogen-bond acceptors (Lipinski definition) is 6. The number of ether oxygens (including phenoxy) is 2. The topological polar surface area (TPSA) is 108 Å². The Hall–Kier alpha value is -2.64. The van der Waals surface area contributed by atoms with Gasteiger partial charge in [0, 0.05) is 29.5 Å². The van der Waals surface area contributed by atoms with Gasteiger partial charge in [-0.1, -0.05) is 0 Å². The van der Waals surface area contributed by atoms with E-state index in [0.29, 0.717) is 29.1 Å². The van der Waals surface area contributed by atoms with Crippen molar-refractivity contribution in [1.82, 2.24) is 5.32 Å². The molecule has 0 spiro atoms. The zero-order chi connectivity index (χ0) is 21.5. The molecule has 5 rings (SSSR count). The van der Waals surface area contributed by atoms with Gasteiger partial charge >= 0.3 is 5.97 Å². The Bertz CT molecular complexity index is 832. The fraction of sp³-hybridized carbons (Fsp3) is 0.636. The lowest BCUT2D eigenvalue weighted by Crippen LogP contribution is -2.56. The Kier molecular flexibility index (Phi) is 5.42. The average Bonchev–Trinajstić information content (AvgIpc) is 2.71. The number of rotatable bonds is 7. The molecule has 162 valence electrons. The Balaban J connectivity index is 1.56. The summed E-state index contributed by atoms with van der Waals surface area (Å²) in [7, 11) is 2.74. The van der Waals surface area contributed by atoms with Crippen LogP contribution in [0, 0.1) is 33.3 Å². The lowest BCUT2D eigenvalue weighted by molar-refractivity contribution is -0.384. The maximum Gasteiger partial charge on any atom is 0.328 e. The number of nitrogens with zero attached hydrogens (tertiary/aromatic N) is 1. The Labute approximate surface area is 175 Å². The van der Waals surface area contributed by atoms with Gasteiger partial charge < -0.3 is 14.8 Å². The highest BCUT2D eigenvalue weighted by atomic mass is 16.6. The van der Waals surface area contributed by atoms with Gasteiger partial charge in [-0.05, 0) is 62.3 Å². The van der Waals surface area contributed by atoms with Crippen LogP contribution in [-0.4, -0.2) is 37.1 Å². The molecule has 30 heavy (non-hydrogen) atoms. The van der Waals surface area contributed by atoms with Crippen LogP contribution in [0.3, 0.4) is 0 Å². The fourth-order valence-corrected chi connectivity index (χ4v) is 6.29. The van der Waals surface area contributed by atoms with Gasteiger partial charge in [-0.15, -0.1) is 0 Å². The molecule has 4 bridgehead atoms. The van der Waals surface area contributed by atoms with E-state index in [1.54, 1.807) is 0 Å². The number of hydrogen-bond donors (Lipinski definition) is 1. The first-order valence-corrected chi connectivity index (χ1v) is 10.5. The summed E-state index contributed by atoms with van der Waals surface area (Å²) in [6.07, 6.45) is 6.39. The van der Waals surface area contributed by atoms with E-state index in [0.717, 1.165) is 19.3 Å². The molecule has 1 aromatic rings. The second-order valence-electron chi connectivity index (χ2n) is 9.20. The van der Waals surface area contributed by atoms with Crippen molar-refractivity contribution < 1.29 is 24.0 Å². The third-order valence-corrected chi connectivity index (χ3v) is 7.21. The highest BCUT2D eigenvalue weighted by Gasteiger charge is 2.55. The number of nitro groups is 1. The van der Waals surface area contributed by atoms with Gasteiger partial charge in [-0.3, -0.25) is 14.9 Å². The van der Waals surface area contributed by atoms with Gasteiger partial charge in [0.05, 0.1) is 19.1 Å². The van der Waals surface area contributed by atoms with E-state index in [-0.39, 0.29) is 18.0 Å². The first-order valence-electron chi connectivity index (χ1n) is 10.5. The van der Waals surface area contributed by atoms with E-state index in [1.165, 1.54) is 51.7 Å². The average molecular weight is 416 g/mol. The van der Waals surface area contributed by atoms with Crippen molar-refractivity contribution in [3.05, 3.63) is 33.9 Å². The lowest BCUT2D eigenvalue weighted by Gasteiger charge is -2.55. The second-order valence-corrected chi connectivity index (χ2v) is 9.20. The smallest absolute Gasteiger partial charge is 0.328 e. The number of amides is 1. The summed E-state index contributed by atoms with van der Waals surface area (Å²) in [5, 5.41) is 14.1.